The average molecular weight is 279 g/mol. The molecule has 0 aromatic rings. The Hall–Kier alpha value is -1.06. The second kappa shape index (κ2) is 5.05. The largest absolute Gasteiger partial charge is 0.481 e. The fourth-order valence-corrected chi connectivity index (χ4v) is 4.02. The number of carboxylic acid groups (broad SMARTS) is 1. The Morgan fingerprint density at radius 2 is 1.85 bits per heavy atom. The third kappa shape index (κ3) is 2.57. The number of hydrogen-bond acceptors (Lipinski definition) is 2. The van der Waals surface area contributed by atoms with Crippen LogP contribution >= 0.6 is 0 Å². The molecule has 0 spiro atoms. The van der Waals surface area contributed by atoms with Gasteiger partial charge in [0.05, 0.1) is 11.8 Å². The number of rotatable bonds is 6. The number of nitrogens with one attached hydrogen (secondary N) is 1. The second-order valence-electron chi connectivity index (χ2n) is 7.15. The summed E-state index contributed by atoms with van der Waals surface area (Å²) in [5.41, 5.74) is 0.386. The third-order valence-corrected chi connectivity index (χ3v) is 5.84. The van der Waals surface area contributed by atoms with E-state index in [1.807, 2.05) is 0 Å². The Bertz CT molecular complexity index is 412. The number of amides is 1. The Labute approximate surface area is 120 Å². The smallest absolute Gasteiger partial charge is 0.307 e. The molecule has 3 aliphatic carbocycles. The standard InChI is InChI=1S/C16H25NO3/c1-2-10-7-12(13(8-10)15(19)20)14(18)17-9-16(5-6-16)11-3-4-11/h10-13H,2-9H2,1H3,(H,17,18)(H,19,20). The molecule has 0 saturated heterocycles. The molecule has 3 aliphatic rings. The van der Waals surface area contributed by atoms with Crippen molar-refractivity contribution in [3.63, 3.8) is 0 Å². The van der Waals surface area contributed by atoms with Gasteiger partial charge in [-0.05, 0) is 55.8 Å². The van der Waals surface area contributed by atoms with Gasteiger partial charge in [-0.3, -0.25) is 9.59 Å². The zero-order chi connectivity index (χ0) is 14.3. The van der Waals surface area contributed by atoms with Gasteiger partial charge >= 0.3 is 5.97 Å². The molecule has 0 aromatic carbocycles. The number of carbonyl (C=O) groups is 2. The van der Waals surface area contributed by atoms with Crippen LogP contribution in [0.15, 0.2) is 0 Å². The number of carboxylic acids is 1. The summed E-state index contributed by atoms with van der Waals surface area (Å²) < 4.78 is 0. The zero-order valence-electron chi connectivity index (χ0n) is 12.2. The Kier molecular flexibility index (Phi) is 3.51. The van der Waals surface area contributed by atoms with Gasteiger partial charge in [-0.2, -0.15) is 0 Å². The molecule has 3 unspecified atom stereocenters. The lowest BCUT2D eigenvalue weighted by Gasteiger charge is -2.19. The first kappa shape index (κ1) is 13.9. The molecule has 1 amide bonds. The van der Waals surface area contributed by atoms with E-state index in [1.54, 1.807) is 0 Å². The van der Waals surface area contributed by atoms with Crippen LogP contribution < -0.4 is 5.32 Å². The molecule has 4 nitrogen and oxygen atoms in total. The predicted molar refractivity (Wildman–Crippen MR) is 75.0 cm³/mol. The maximum atomic E-state index is 12.4. The van der Waals surface area contributed by atoms with Gasteiger partial charge in [0.2, 0.25) is 5.91 Å². The highest BCUT2D eigenvalue weighted by Crippen LogP contribution is 2.60. The highest BCUT2D eigenvalue weighted by Gasteiger charge is 2.54. The molecule has 3 rings (SSSR count). The summed E-state index contributed by atoms with van der Waals surface area (Å²) in [6.45, 7) is 2.85. The average Bonchev–Trinajstić information content (AvgIpc) is 3.32. The minimum Gasteiger partial charge on any atom is -0.481 e. The molecule has 3 saturated carbocycles. The quantitative estimate of drug-likeness (QED) is 0.784. The molecule has 4 heteroatoms. The molecule has 2 N–H and O–H groups in total. The van der Waals surface area contributed by atoms with E-state index >= 15 is 0 Å². The van der Waals surface area contributed by atoms with E-state index in [0.717, 1.165) is 25.3 Å². The SMILES string of the molecule is CCC1CC(C(=O)O)C(C(=O)NCC2(C3CC3)CC2)C1. The minimum absolute atomic E-state index is 0.0136. The van der Waals surface area contributed by atoms with Gasteiger partial charge in [-0.15, -0.1) is 0 Å². The van der Waals surface area contributed by atoms with Crippen LogP contribution in [0.5, 0.6) is 0 Å². The van der Waals surface area contributed by atoms with Crippen LogP contribution in [0.3, 0.4) is 0 Å². The van der Waals surface area contributed by atoms with E-state index in [9.17, 15) is 14.7 Å². The molecule has 3 atom stereocenters. The van der Waals surface area contributed by atoms with Crippen LogP contribution in [0.25, 0.3) is 0 Å². The number of aliphatic carboxylic acids is 1. The normalized spacial score (nSPS) is 34.8. The van der Waals surface area contributed by atoms with E-state index in [1.165, 1.54) is 25.7 Å². The molecule has 0 aromatic heterocycles. The fourth-order valence-electron chi connectivity index (χ4n) is 4.02. The lowest BCUT2D eigenvalue weighted by molar-refractivity contribution is -0.146. The van der Waals surface area contributed by atoms with E-state index in [2.05, 4.69) is 12.2 Å². The van der Waals surface area contributed by atoms with Crippen molar-refractivity contribution in [2.45, 2.75) is 51.9 Å². The van der Waals surface area contributed by atoms with Crippen molar-refractivity contribution in [3.05, 3.63) is 0 Å². The molecule has 0 aliphatic heterocycles. The van der Waals surface area contributed by atoms with Gasteiger partial charge in [0.25, 0.3) is 0 Å². The van der Waals surface area contributed by atoms with Crippen molar-refractivity contribution in [2.24, 2.45) is 29.1 Å². The van der Waals surface area contributed by atoms with Crippen molar-refractivity contribution < 1.29 is 14.7 Å². The molecule has 20 heavy (non-hydrogen) atoms. The van der Waals surface area contributed by atoms with Gasteiger partial charge in [0.15, 0.2) is 0 Å². The summed E-state index contributed by atoms with van der Waals surface area (Å²) in [7, 11) is 0. The van der Waals surface area contributed by atoms with E-state index in [0.29, 0.717) is 17.8 Å². The summed E-state index contributed by atoms with van der Waals surface area (Å²) in [4.78, 5) is 23.7. The Morgan fingerprint density at radius 3 is 2.35 bits per heavy atom. The van der Waals surface area contributed by atoms with Crippen molar-refractivity contribution in [1.29, 1.82) is 0 Å². The first-order valence-electron chi connectivity index (χ1n) is 8.06. The molecule has 112 valence electrons. The summed E-state index contributed by atoms with van der Waals surface area (Å²) in [6, 6.07) is 0. The lowest BCUT2D eigenvalue weighted by Crippen LogP contribution is -2.38. The number of hydrogen-bond donors (Lipinski definition) is 2. The summed E-state index contributed by atoms with van der Waals surface area (Å²) >= 11 is 0. The first-order chi connectivity index (χ1) is 9.55. The predicted octanol–water partition coefficient (Wildman–Crippen LogP) is 2.43. The topological polar surface area (TPSA) is 66.4 Å². The third-order valence-electron chi connectivity index (χ3n) is 5.84. The van der Waals surface area contributed by atoms with Crippen LogP contribution in [0.4, 0.5) is 0 Å². The minimum atomic E-state index is -0.801. The van der Waals surface area contributed by atoms with Gasteiger partial charge in [0, 0.05) is 6.54 Å². The second-order valence-corrected chi connectivity index (χ2v) is 7.15. The first-order valence-corrected chi connectivity index (χ1v) is 8.06. The summed E-state index contributed by atoms with van der Waals surface area (Å²) in [5.74, 6) is -0.386. The summed E-state index contributed by atoms with van der Waals surface area (Å²) in [5, 5.41) is 12.4. The van der Waals surface area contributed by atoms with Crippen molar-refractivity contribution in [2.75, 3.05) is 6.54 Å². The van der Waals surface area contributed by atoms with Gasteiger partial charge in [0.1, 0.15) is 0 Å². The van der Waals surface area contributed by atoms with E-state index < -0.39 is 11.9 Å². The van der Waals surface area contributed by atoms with Gasteiger partial charge < -0.3 is 10.4 Å². The van der Waals surface area contributed by atoms with Crippen molar-refractivity contribution >= 4 is 11.9 Å². The van der Waals surface area contributed by atoms with Gasteiger partial charge in [-0.1, -0.05) is 13.3 Å². The molecule has 0 bridgehead atoms. The van der Waals surface area contributed by atoms with Crippen LogP contribution in [0, 0.1) is 29.1 Å². The van der Waals surface area contributed by atoms with Crippen LogP contribution in [0.2, 0.25) is 0 Å². The fraction of sp³-hybridized carbons (Fsp3) is 0.875. The highest BCUT2D eigenvalue weighted by atomic mass is 16.4. The molecule has 3 fully saturated rings. The maximum absolute atomic E-state index is 12.4. The summed E-state index contributed by atoms with van der Waals surface area (Å²) in [6.07, 6.45) is 7.49. The van der Waals surface area contributed by atoms with Crippen molar-refractivity contribution in [1.82, 2.24) is 5.32 Å². The molecular weight excluding hydrogens is 254 g/mol. The highest BCUT2D eigenvalue weighted by molar-refractivity contribution is 5.85. The van der Waals surface area contributed by atoms with Crippen LogP contribution in [-0.2, 0) is 9.59 Å². The zero-order valence-corrected chi connectivity index (χ0v) is 12.2. The molecule has 0 heterocycles. The lowest BCUT2D eigenvalue weighted by atomic mass is 9.94. The Morgan fingerprint density at radius 1 is 1.20 bits per heavy atom. The van der Waals surface area contributed by atoms with E-state index in [4.69, 9.17) is 0 Å². The monoisotopic (exact) mass is 279 g/mol. The molecule has 0 radical (unpaired) electrons. The van der Waals surface area contributed by atoms with Crippen molar-refractivity contribution in [3.8, 4) is 0 Å². The maximum Gasteiger partial charge on any atom is 0.307 e. The van der Waals surface area contributed by atoms with Crippen LogP contribution in [0.1, 0.15) is 51.9 Å². The molecular formula is C16H25NO3. The Balaban J connectivity index is 1.56. The number of carbonyl (C=O) groups excluding carboxylic acids is 1. The van der Waals surface area contributed by atoms with E-state index in [-0.39, 0.29) is 11.8 Å². The van der Waals surface area contributed by atoms with Crippen LogP contribution in [-0.4, -0.2) is 23.5 Å². The van der Waals surface area contributed by atoms with Gasteiger partial charge in [-0.25, -0.2) is 0 Å².